The second-order valence-corrected chi connectivity index (χ2v) is 5.50. The topological polar surface area (TPSA) is 42.1 Å². The fourth-order valence-electron chi connectivity index (χ4n) is 2.33. The van der Waals surface area contributed by atoms with E-state index in [4.69, 9.17) is 4.74 Å². The zero-order chi connectivity index (χ0) is 13.4. The maximum Gasteiger partial charge on any atom is 0.196 e. The van der Waals surface area contributed by atoms with Crippen LogP contribution >= 0.6 is 15.9 Å². The van der Waals surface area contributed by atoms with E-state index in [1.807, 2.05) is 26.8 Å². The number of halogens is 1. The minimum atomic E-state index is 0.0504. The zero-order valence-corrected chi connectivity index (χ0v) is 12.5. The molecule has 0 bridgehead atoms. The van der Waals surface area contributed by atoms with E-state index in [2.05, 4.69) is 20.9 Å². The summed E-state index contributed by atoms with van der Waals surface area (Å²) in [6.07, 6.45) is 0. The van der Waals surface area contributed by atoms with Crippen LogP contribution in [0.2, 0.25) is 0 Å². The zero-order valence-electron chi connectivity index (χ0n) is 10.9. The first-order valence-corrected chi connectivity index (χ1v) is 6.65. The highest BCUT2D eigenvalue weighted by molar-refractivity contribution is 9.10. The Kier molecular flexibility index (Phi) is 3.48. The van der Waals surface area contributed by atoms with E-state index in [9.17, 15) is 4.79 Å². The molecule has 2 rings (SSSR count). The van der Waals surface area contributed by atoms with Crippen LogP contribution in [-0.4, -0.2) is 12.1 Å². The summed E-state index contributed by atoms with van der Waals surface area (Å²) < 4.78 is 6.17. The van der Waals surface area contributed by atoms with Gasteiger partial charge in [0.1, 0.15) is 5.75 Å². The van der Waals surface area contributed by atoms with Crippen LogP contribution < -0.4 is 10.2 Å². The number of pyridine rings is 1. The number of ether oxygens (including phenoxy) is 1. The lowest BCUT2D eigenvalue weighted by molar-refractivity contribution is 0.419. The van der Waals surface area contributed by atoms with Crippen LogP contribution in [0.15, 0.2) is 21.4 Å². The number of H-pyrrole nitrogens is 1. The normalized spacial score (nSPS) is 11.2. The first kappa shape index (κ1) is 13.1. The lowest BCUT2D eigenvalue weighted by Crippen LogP contribution is -2.15. The Bertz CT molecular complexity index is 659. The second-order valence-electron chi connectivity index (χ2n) is 4.65. The van der Waals surface area contributed by atoms with E-state index in [1.165, 1.54) is 0 Å². The molecule has 4 heteroatoms. The lowest BCUT2D eigenvalue weighted by atomic mass is 9.98. The maximum atomic E-state index is 12.6. The number of nitrogens with one attached hydrogen (secondary N) is 1. The maximum absolute atomic E-state index is 12.6. The van der Waals surface area contributed by atoms with Crippen molar-refractivity contribution in [2.75, 3.05) is 7.11 Å². The molecule has 96 valence electrons. The van der Waals surface area contributed by atoms with Gasteiger partial charge >= 0.3 is 0 Å². The van der Waals surface area contributed by atoms with Crippen molar-refractivity contribution in [2.45, 2.75) is 26.7 Å². The van der Waals surface area contributed by atoms with E-state index in [0.29, 0.717) is 11.1 Å². The molecule has 0 spiro atoms. The number of fused-ring (bicyclic) bond motifs is 1. The smallest absolute Gasteiger partial charge is 0.196 e. The number of hydrogen-bond donors (Lipinski definition) is 1. The highest BCUT2D eigenvalue weighted by Gasteiger charge is 2.16. The summed E-state index contributed by atoms with van der Waals surface area (Å²) in [5, 5.41) is 0.612. The van der Waals surface area contributed by atoms with Gasteiger partial charge in [-0.05, 0) is 40.9 Å². The summed E-state index contributed by atoms with van der Waals surface area (Å²) in [6, 6.07) is 3.69. The van der Waals surface area contributed by atoms with Crippen molar-refractivity contribution in [1.82, 2.24) is 4.98 Å². The van der Waals surface area contributed by atoms with Crippen molar-refractivity contribution in [3.05, 3.63) is 38.1 Å². The predicted molar refractivity (Wildman–Crippen MR) is 77.6 cm³/mol. The van der Waals surface area contributed by atoms with Crippen molar-refractivity contribution in [3.63, 3.8) is 0 Å². The van der Waals surface area contributed by atoms with Gasteiger partial charge in [0.2, 0.25) is 0 Å². The lowest BCUT2D eigenvalue weighted by Gasteiger charge is -2.13. The molecule has 1 aromatic heterocycles. The average molecular weight is 310 g/mol. The number of methoxy groups -OCH3 is 1. The van der Waals surface area contributed by atoms with Crippen molar-refractivity contribution < 1.29 is 4.74 Å². The van der Waals surface area contributed by atoms with E-state index in [-0.39, 0.29) is 11.3 Å². The van der Waals surface area contributed by atoms with Crippen LogP contribution in [0.3, 0.4) is 0 Å². The van der Waals surface area contributed by atoms with Gasteiger partial charge < -0.3 is 9.72 Å². The Morgan fingerprint density at radius 1 is 1.33 bits per heavy atom. The summed E-state index contributed by atoms with van der Waals surface area (Å²) in [5.74, 6) is 0.790. The van der Waals surface area contributed by atoms with Gasteiger partial charge in [-0.1, -0.05) is 13.8 Å². The molecule has 18 heavy (non-hydrogen) atoms. The Morgan fingerprint density at radius 3 is 2.56 bits per heavy atom. The Morgan fingerprint density at radius 2 is 2.00 bits per heavy atom. The molecule has 1 aromatic carbocycles. The molecule has 0 aliphatic rings. The molecule has 0 amide bonds. The van der Waals surface area contributed by atoms with Gasteiger partial charge in [0.05, 0.1) is 18.0 Å². The molecule has 0 aliphatic heterocycles. The Hall–Kier alpha value is -1.29. The van der Waals surface area contributed by atoms with Crippen molar-refractivity contribution in [1.29, 1.82) is 0 Å². The van der Waals surface area contributed by atoms with Crippen LogP contribution in [0.5, 0.6) is 5.75 Å². The standard InChI is InChI=1S/C14H16BrNO2/c1-7(2)11-8(3)16-13-9(15)5-6-10(18-4)12(13)14(11)17/h5-7H,1-4H3,(H,16,17). The van der Waals surface area contributed by atoms with Gasteiger partial charge in [-0.3, -0.25) is 4.79 Å². The van der Waals surface area contributed by atoms with Gasteiger partial charge in [0.25, 0.3) is 0 Å². The second kappa shape index (κ2) is 4.76. The first-order valence-electron chi connectivity index (χ1n) is 5.86. The van der Waals surface area contributed by atoms with E-state index >= 15 is 0 Å². The predicted octanol–water partition coefficient (Wildman–Crippen LogP) is 3.73. The SMILES string of the molecule is COc1ccc(Br)c2[nH]c(C)c(C(C)C)c(=O)c12. The molecule has 3 nitrogen and oxygen atoms in total. The fraction of sp³-hybridized carbons (Fsp3) is 0.357. The number of aromatic nitrogens is 1. The van der Waals surface area contributed by atoms with Crippen LogP contribution in [0.25, 0.3) is 10.9 Å². The van der Waals surface area contributed by atoms with Crippen molar-refractivity contribution in [2.24, 2.45) is 0 Å². The molecule has 1 N–H and O–H groups in total. The highest BCUT2D eigenvalue weighted by Crippen LogP contribution is 2.30. The third-order valence-corrected chi connectivity index (χ3v) is 3.76. The fourth-order valence-corrected chi connectivity index (χ4v) is 2.76. The molecular weight excluding hydrogens is 294 g/mol. The Balaban J connectivity index is 3.01. The van der Waals surface area contributed by atoms with Crippen LogP contribution in [0.4, 0.5) is 0 Å². The molecule has 0 aliphatic carbocycles. The van der Waals surface area contributed by atoms with E-state index < -0.39 is 0 Å². The molecule has 0 radical (unpaired) electrons. The van der Waals surface area contributed by atoms with Gasteiger partial charge in [0.15, 0.2) is 5.43 Å². The quantitative estimate of drug-likeness (QED) is 0.918. The molecule has 0 unspecified atom stereocenters. The average Bonchev–Trinajstić information content (AvgIpc) is 2.30. The van der Waals surface area contributed by atoms with Crippen LogP contribution in [-0.2, 0) is 0 Å². The van der Waals surface area contributed by atoms with Crippen molar-refractivity contribution in [3.8, 4) is 5.75 Å². The molecule has 0 fully saturated rings. The van der Waals surface area contributed by atoms with Gasteiger partial charge in [0, 0.05) is 15.7 Å². The van der Waals surface area contributed by atoms with Crippen molar-refractivity contribution >= 4 is 26.8 Å². The minimum Gasteiger partial charge on any atom is -0.496 e. The summed E-state index contributed by atoms with van der Waals surface area (Å²) in [5.41, 5.74) is 2.58. The van der Waals surface area contributed by atoms with E-state index in [0.717, 1.165) is 21.2 Å². The molecule has 0 saturated heterocycles. The number of aryl methyl sites for hydroxylation is 1. The van der Waals surface area contributed by atoms with E-state index in [1.54, 1.807) is 13.2 Å². The first-order chi connectivity index (χ1) is 8.47. The summed E-state index contributed by atoms with van der Waals surface area (Å²) in [4.78, 5) is 15.9. The van der Waals surface area contributed by atoms with Crippen LogP contribution in [0.1, 0.15) is 31.0 Å². The summed E-state index contributed by atoms with van der Waals surface area (Å²) in [6.45, 7) is 5.98. The monoisotopic (exact) mass is 309 g/mol. The molecule has 2 aromatic rings. The third-order valence-electron chi connectivity index (χ3n) is 3.10. The third kappa shape index (κ3) is 1.94. The Labute approximate surface area is 114 Å². The number of hydrogen-bond acceptors (Lipinski definition) is 2. The van der Waals surface area contributed by atoms with Gasteiger partial charge in [-0.25, -0.2) is 0 Å². The van der Waals surface area contributed by atoms with Crippen LogP contribution in [0, 0.1) is 6.92 Å². The van der Waals surface area contributed by atoms with Gasteiger partial charge in [-0.2, -0.15) is 0 Å². The molecular formula is C14H16BrNO2. The van der Waals surface area contributed by atoms with Gasteiger partial charge in [-0.15, -0.1) is 0 Å². The number of aromatic amines is 1. The number of benzene rings is 1. The summed E-state index contributed by atoms with van der Waals surface area (Å²) >= 11 is 3.46. The number of rotatable bonds is 2. The molecule has 0 atom stereocenters. The largest absolute Gasteiger partial charge is 0.496 e. The molecule has 0 saturated carbocycles. The highest BCUT2D eigenvalue weighted by atomic mass is 79.9. The summed E-state index contributed by atoms with van der Waals surface area (Å²) in [7, 11) is 1.58. The molecule has 1 heterocycles. The minimum absolute atomic E-state index is 0.0504.